The number of anilines is 2. The van der Waals surface area contributed by atoms with E-state index in [1.165, 1.54) is 18.3 Å². The molecule has 1 saturated heterocycles. The average molecular weight is 541 g/mol. The summed E-state index contributed by atoms with van der Waals surface area (Å²) in [5, 5.41) is 12.1. The number of halogens is 4. The van der Waals surface area contributed by atoms with Gasteiger partial charge in [-0.2, -0.15) is 18.4 Å². The van der Waals surface area contributed by atoms with E-state index in [4.69, 9.17) is 22.3 Å². The van der Waals surface area contributed by atoms with E-state index in [1.807, 2.05) is 0 Å². The van der Waals surface area contributed by atoms with Gasteiger partial charge in [0.15, 0.2) is 6.19 Å². The first kappa shape index (κ1) is 25.3. The third-order valence-electron chi connectivity index (χ3n) is 6.35. The Kier molecular flexibility index (Phi) is 6.54. The minimum atomic E-state index is -4.56. The number of benzene rings is 1. The molecular formula is C25H20ClF3N8O. The Bertz CT molecular complexity index is 1560. The molecule has 1 aliphatic heterocycles. The topological polar surface area (TPSA) is 125 Å². The Labute approximate surface area is 219 Å². The first-order valence-corrected chi connectivity index (χ1v) is 12.0. The zero-order valence-electron chi connectivity index (χ0n) is 19.7. The van der Waals surface area contributed by atoms with Crippen molar-refractivity contribution >= 4 is 34.7 Å². The minimum Gasteiger partial charge on any atom is -0.382 e. The quantitative estimate of drug-likeness (QED) is 0.350. The molecule has 4 heterocycles. The average Bonchev–Trinajstić information content (AvgIpc) is 3.33. The Morgan fingerprint density at radius 2 is 1.97 bits per heavy atom. The highest BCUT2D eigenvalue weighted by atomic mass is 35.5. The van der Waals surface area contributed by atoms with Crippen molar-refractivity contribution in [1.29, 1.82) is 5.26 Å². The van der Waals surface area contributed by atoms with E-state index in [0.717, 1.165) is 31.2 Å². The van der Waals surface area contributed by atoms with Crippen LogP contribution in [0.4, 0.5) is 24.8 Å². The molecule has 0 spiro atoms. The van der Waals surface area contributed by atoms with Crippen LogP contribution in [0, 0.1) is 11.5 Å². The number of fused-ring (bicyclic) bond motifs is 1. The summed E-state index contributed by atoms with van der Waals surface area (Å²) in [5.74, 6) is -0.0261. The Hall–Kier alpha value is -4.37. The first-order chi connectivity index (χ1) is 18.2. The van der Waals surface area contributed by atoms with Crippen LogP contribution >= 0.6 is 11.6 Å². The molecule has 194 valence electrons. The highest BCUT2D eigenvalue weighted by Crippen LogP contribution is 2.36. The van der Waals surface area contributed by atoms with Gasteiger partial charge in [0.2, 0.25) is 0 Å². The number of alkyl halides is 3. The summed E-state index contributed by atoms with van der Waals surface area (Å²) < 4.78 is 40.7. The predicted octanol–water partition coefficient (Wildman–Crippen LogP) is 4.96. The molecule has 0 unspecified atom stereocenters. The van der Waals surface area contributed by atoms with Gasteiger partial charge >= 0.3 is 6.18 Å². The molecule has 13 heteroatoms. The number of nitrogens with one attached hydrogen (secondary N) is 1. The second kappa shape index (κ2) is 9.83. The number of amides is 1. The third kappa shape index (κ3) is 4.80. The maximum atomic E-state index is 13.0. The first-order valence-electron chi connectivity index (χ1n) is 11.6. The Morgan fingerprint density at radius 1 is 1.21 bits per heavy atom. The molecule has 1 aliphatic rings. The number of carbonyl (C=O) groups excluding carboxylic acids is 1. The summed E-state index contributed by atoms with van der Waals surface area (Å²) in [4.78, 5) is 27.2. The van der Waals surface area contributed by atoms with Crippen LogP contribution in [-0.2, 0) is 6.18 Å². The van der Waals surface area contributed by atoms with Crippen molar-refractivity contribution in [2.75, 3.05) is 24.1 Å². The van der Waals surface area contributed by atoms with Crippen molar-refractivity contribution in [2.45, 2.75) is 24.9 Å². The van der Waals surface area contributed by atoms with E-state index in [9.17, 15) is 23.2 Å². The van der Waals surface area contributed by atoms with Crippen LogP contribution in [0.1, 0.15) is 40.5 Å². The molecule has 4 aromatic rings. The van der Waals surface area contributed by atoms with Crippen LogP contribution in [0.15, 0.2) is 48.8 Å². The molecule has 38 heavy (non-hydrogen) atoms. The largest absolute Gasteiger partial charge is 0.416 e. The van der Waals surface area contributed by atoms with Gasteiger partial charge in [0.05, 0.1) is 11.8 Å². The Morgan fingerprint density at radius 3 is 2.68 bits per heavy atom. The van der Waals surface area contributed by atoms with Gasteiger partial charge in [-0.1, -0.05) is 23.7 Å². The molecule has 3 N–H and O–H groups in total. The Balaban J connectivity index is 1.46. The molecule has 5 rings (SSSR count). The van der Waals surface area contributed by atoms with Crippen LogP contribution < -0.4 is 11.1 Å². The van der Waals surface area contributed by atoms with Crippen LogP contribution in [0.5, 0.6) is 0 Å². The van der Waals surface area contributed by atoms with E-state index < -0.39 is 17.6 Å². The van der Waals surface area contributed by atoms with Crippen molar-refractivity contribution < 1.29 is 18.0 Å². The highest BCUT2D eigenvalue weighted by molar-refractivity contribution is 6.30. The summed E-state index contributed by atoms with van der Waals surface area (Å²) in [6.45, 7) is 1.18. The van der Waals surface area contributed by atoms with Crippen LogP contribution in [0.3, 0.4) is 0 Å². The lowest BCUT2D eigenvalue weighted by molar-refractivity contribution is -0.137. The van der Waals surface area contributed by atoms with E-state index in [2.05, 4.69) is 21.5 Å². The minimum absolute atomic E-state index is 0.0611. The fraction of sp³-hybridized carbons (Fsp3) is 0.240. The lowest BCUT2D eigenvalue weighted by atomic mass is 9.97. The number of likely N-dealkylation sites (tertiary alicyclic amines) is 1. The van der Waals surface area contributed by atoms with Crippen LogP contribution in [-0.4, -0.2) is 43.2 Å². The SMILES string of the molecule is N#CN1CCC[C@@H](c2nc(-c3ccc(C(=O)Nc4cc(C(F)(F)F)ccn4)cc3)c3c(N)ncc(Cl)n23)C1. The number of nitrogens with two attached hydrogens (primary N) is 1. The van der Waals surface area contributed by atoms with Crippen molar-refractivity contribution in [3.8, 4) is 17.5 Å². The molecule has 3 aromatic heterocycles. The number of piperidine rings is 1. The number of aromatic nitrogens is 4. The van der Waals surface area contributed by atoms with Crippen molar-refractivity contribution in [2.24, 2.45) is 0 Å². The van der Waals surface area contributed by atoms with Gasteiger partial charge in [-0.25, -0.2) is 15.0 Å². The molecule has 1 amide bonds. The number of nitrogen functional groups attached to an aromatic ring is 1. The molecular weight excluding hydrogens is 521 g/mol. The van der Waals surface area contributed by atoms with E-state index in [0.29, 0.717) is 40.8 Å². The molecule has 0 saturated carbocycles. The monoisotopic (exact) mass is 540 g/mol. The smallest absolute Gasteiger partial charge is 0.382 e. The third-order valence-corrected chi connectivity index (χ3v) is 6.61. The molecule has 1 fully saturated rings. The standard InChI is InChI=1S/C25H20ClF3N8O/c26-18-11-33-22(31)21-20(35-23(37(18)21)16-2-1-9-36(12-16)13-30)14-3-5-15(6-4-14)24(38)34-19-10-17(7-8-32-19)25(27,28)29/h3-8,10-11,16H,1-2,9,12H2,(H2,31,33)(H,32,34,38)/t16-/m1/s1. The number of nitrogens with zero attached hydrogens (tertiary/aromatic N) is 6. The summed E-state index contributed by atoms with van der Waals surface area (Å²) >= 11 is 6.50. The maximum Gasteiger partial charge on any atom is 0.416 e. The molecule has 1 aromatic carbocycles. The van der Waals surface area contributed by atoms with Crippen molar-refractivity contribution in [3.05, 3.63) is 70.9 Å². The van der Waals surface area contributed by atoms with Gasteiger partial charge in [0.25, 0.3) is 5.91 Å². The van der Waals surface area contributed by atoms with Gasteiger partial charge in [-0.05, 0) is 37.1 Å². The zero-order chi connectivity index (χ0) is 27.0. The second-order valence-corrected chi connectivity index (χ2v) is 9.20. The highest BCUT2D eigenvalue weighted by Gasteiger charge is 2.31. The van der Waals surface area contributed by atoms with Crippen LogP contribution in [0.2, 0.25) is 5.15 Å². The normalized spacial score (nSPS) is 15.9. The van der Waals surface area contributed by atoms with E-state index in [-0.39, 0.29) is 23.1 Å². The summed E-state index contributed by atoms with van der Waals surface area (Å²) in [5.41, 5.74) is 7.16. The fourth-order valence-corrected chi connectivity index (χ4v) is 4.75. The summed E-state index contributed by atoms with van der Waals surface area (Å²) in [6, 6.07) is 7.95. The number of hydrogen-bond donors (Lipinski definition) is 2. The molecule has 1 atom stereocenters. The summed E-state index contributed by atoms with van der Waals surface area (Å²) in [7, 11) is 0. The van der Waals surface area contributed by atoms with Gasteiger partial charge in [-0.3, -0.25) is 9.20 Å². The number of nitriles is 1. The molecule has 0 radical (unpaired) electrons. The number of pyridine rings is 1. The van der Waals surface area contributed by atoms with Crippen molar-refractivity contribution in [1.82, 2.24) is 24.3 Å². The molecule has 9 nitrogen and oxygen atoms in total. The lowest BCUT2D eigenvalue weighted by Crippen LogP contribution is -2.31. The van der Waals surface area contributed by atoms with Gasteiger partial charge in [-0.15, -0.1) is 0 Å². The van der Waals surface area contributed by atoms with E-state index in [1.54, 1.807) is 21.4 Å². The zero-order valence-corrected chi connectivity index (χ0v) is 20.5. The second-order valence-electron chi connectivity index (χ2n) is 8.81. The van der Waals surface area contributed by atoms with Crippen molar-refractivity contribution in [3.63, 3.8) is 0 Å². The molecule has 0 aliphatic carbocycles. The maximum absolute atomic E-state index is 13.0. The fourth-order valence-electron chi connectivity index (χ4n) is 4.53. The van der Waals surface area contributed by atoms with Gasteiger partial charge in [0.1, 0.15) is 33.8 Å². The summed E-state index contributed by atoms with van der Waals surface area (Å²) in [6.07, 6.45) is 1.70. The number of rotatable bonds is 4. The number of carbonyl (C=O) groups is 1. The molecule has 0 bridgehead atoms. The lowest BCUT2D eigenvalue weighted by Gasteiger charge is -2.28. The van der Waals surface area contributed by atoms with Gasteiger partial charge < -0.3 is 16.0 Å². The number of hydrogen-bond acceptors (Lipinski definition) is 7. The van der Waals surface area contributed by atoms with E-state index >= 15 is 0 Å². The van der Waals surface area contributed by atoms with Gasteiger partial charge in [0, 0.05) is 36.3 Å². The van der Waals surface area contributed by atoms with Crippen LogP contribution in [0.25, 0.3) is 16.8 Å². The number of imidazole rings is 1. The predicted molar refractivity (Wildman–Crippen MR) is 134 cm³/mol.